The van der Waals surface area contributed by atoms with E-state index in [9.17, 15) is 9.18 Å². The van der Waals surface area contributed by atoms with Gasteiger partial charge in [-0.2, -0.15) is 0 Å². The molecule has 1 fully saturated rings. The predicted octanol–water partition coefficient (Wildman–Crippen LogP) is 2.03. The molecule has 1 aromatic rings. The minimum absolute atomic E-state index is 0.314. The van der Waals surface area contributed by atoms with Crippen LogP contribution < -0.4 is 10.6 Å². The van der Waals surface area contributed by atoms with Crippen molar-refractivity contribution in [3.63, 3.8) is 0 Å². The van der Waals surface area contributed by atoms with Gasteiger partial charge in [0.2, 0.25) is 0 Å². The van der Waals surface area contributed by atoms with Crippen molar-refractivity contribution in [1.82, 2.24) is 4.90 Å². The molecule has 5 nitrogen and oxygen atoms in total. The normalized spacial score (nSPS) is 18.5. The van der Waals surface area contributed by atoms with Gasteiger partial charge >= 0.3 is 5.97 Å². The van der Waals surface area contributed by atoms with E-state index < -0.39 is 11.8 Å². The molecule has 6 heteroatoms. The number of nitrogen functional groups attached to an aromatic ring is 1. The number of anilines is 2. The zero-order valence-electron chi connectivity index (χ0n) is 12.5. The highest BCUT2D eigenvalue weighted by molar-refractivity contribution is 5.91. The fourth-order valence-electron chi connectivity index (χ4n) is 3.02. The molecule has 3 N–H and O–H groups in total. The van der Waals surface area contributed by atoms with E-state index in [-0.39, 0.29) is 5.56 Å². The first-order valence-corrected chi connectivity index (χ1v) is 7.29. The maximum absolute atomic E-state index is 13.8. The number of hydrogen-bond donors (Lipinski definition) is 2. The lowest BCUT2D eigenvalue weighted by Crippen LogP contribution is -2.37. The van der Waals surface area contributed by atoms with Crippen molar-refractivity contribution < 1.29 is 14.3 Å². The largest absolute Gasteiger partial charge is 0.478 e. The van der Waals surface area contributed by atoms with Crippen LogP contribution in [0.25, 0.3) is 0 Å². The quantitative estimate of drug-likeness (QED) is 0.813. The summed E-state index contributed by atoms with van der Waals surface area (Å²) in [7, 11) is 0. The van der Waals surface area contributed by atoms with Gasteiger partial charge in [0.25, 0.3) is 0 Å². The molecule has 0 radical (unpaired) electrons. The summed E-state index contributed by atoms with van der Waals surface area (Å²) < 4.78 is 13.8. The number of hydrogen-bond acceptors (Lipinski definition) is 4. The minimum atomic E-state index is -1.30. The molecule has 0 aromatic heterocycles. The van der Waals surface area contributed by atoms with Gasteiger partial charge in [-0.3, -0.25) is 4.90 Å². The first kappa shape index (κ1) is 15.6. The first-order valence-electron chi connectivity index (χ1n) is 7.29. The molecule has 1 aliphatic heterocycles. The third-order valence-electron chi connectivity index (χ3n) is 4.18. The standard InChI is InChI=1S/C15H22FN3O2/c1-3-18(4-2)10-5-6-19(9-10)14-8-12(16)11(15(20)21)7-13(14)17/h7-8,10H,3-6,9,17H2,1-2H3,(H,20,21). The Bertz CT molecular complexity index is 532. The van der Waals surface area contributed by atoms with Crippen LogP contribution in [0.5, 0.6) is 0 Å². The number of carboxylic acids is 1. The number of benzene rings is 1. The summed E-state index contributed by atoms with van der Waals surface area (Å²) >= 11 is 0. The average molecular weight is 295 g/mol. The molecular weight excluding hydrogens is 273 g/mol. The molecule has 2 rings (SSSR count). The molecule has 0 amide bonds. The summed E-state index contributed by atoms with van der Waals surface area (Å²) in [6.07, 6.45) is 1.00. The van der Waals surface area contributed by atoms with E-state index in [2.05, 4.69) is 18.7 Å². The molecule has 1 atom stereocenters. The minimum Gasteiger partial charge on any atom is -0.478 e. The highest BCUT2D eigenvalue weighted by atomic mass is 19.1. The average Bonchev–Trinajstić information content (AvgIpc) is 2.91. The number of rotatable bonds is 5. The van der Waals surface area contributed by atoms with Crippen molar-refractivity contribution in [2.24, 2.45) is 0 Å². The van der Waals surface area contributed by atoms with Crippen molar-refractivity contribution in [2.75, 3.05) is 36.8 Å². The van der Waals surface area contributed by atoms with E-state index in [1.807, 2.05) is 4.90 Å². The molecule has 0 saturated carbocycles. The first-order chi connectivity index (χ1) is 9.97. The van der Waals surface area contributed by atoms with Crippen LogP contribution in [0.4, 0.5) is 15.8 Å². The number of likely N-dealkylation sites (N-methyl/N-ethyl adjacent to an activating group) is 1. The van der Waals surface area contributed by atoms with E-state index >= 15 is 0 Å². The molecule has 1 aromatic carbocycles. The maximum atomic E-state index is 13.8. The van der Waals surface area contributed by atoms with Gasteiger partial charge in [0.05, 0.1) is 16.9 Å². The van der Waals surface area contributed by atoms with Crippen LogP contribution in [0, 0.1) is 5.82 Å². The van der Waals surface area contributed by atoms with Crippen LogP contribution in [0.15, 0.2) is 12.1 Å². The van der Waals surface area contributed by atoms with Crippen LogP contribution in [-0.2, 0) is 0 Å². The third-order valence-corrected chi connectivity index (χ3v) is 4.18. The lowest BCUT2D eigenvalue weighted by molar-refractivity contribution is 0.0692. The second kappa shape index (κ2) is 6.30. The Morgan fingerprint density at radius 1 is 1.48 bits per heavy atom. The number of aromatic carboxylic acids is 1. The molecule has 1 unspecified atom stereocenters. The number of nitrogens with zero attached hydrogens (tertiary/aromatic N) is 2. The van der Waals surface area contributed by atoms with Crippen LogP contribution in [0.1, 0.15) is 30.6 Å². The number of halogens is 1. The Labute approximate surface area is 124 Å². The summed E-state index contributed by atoms with van der Waals surface area (Å²) in [5, 5.41) is 8.91. The fourth-order valence-corrected chi connectivity index (χ4v) is 3.02. The molecule has 116 valence electrons. The van der Waals surface area contributed by atoms with Gasteiger partial charge in [0, 0.05) is 25.2 Å². The van der Waals surface area contributed by atoms with Crippen LogP contribution in [-0.4, -0.2) is 48.2 Å². The smallest absolute Gasteiger partial charge is 0.338 e. The second-order valence-electron chi connectivity index (χ2n) is 5.31. The SMILES string of the molecule is CCN(CC)C1CCN(c2cc(F)c(C(=O)O)cc2N)C1. The lowest BCUT2D eigenvalue weighted by Gasteiger charge is -2.27. The summed E-state index contributed by atoms with van der Waals surface area (Å²) in [5.74, 6) is -2.04. The van der Waals surface area contributed by atoms with Crippen LogP contribution in [0.3, 0.4) is 0 Å². The molecular formula is C15H22FN3O2. The number of carboxylic acid groups (broad SMARTS) is 1. The van der Waals surface area contributed by atoms with Gasteiger partial charge in [-0.15, -0.1) is 0 Å². The molecule has 1 heterocycles. The zero-order chi connectivity index (χ0) is 15.6. The van der Waals surface area contributed by atoms with E-state index in [1.54, 1.807) is 0 Å². The topological polar surface area (TPSA) is 69.8 Å². The Kier molecular flexibility index (Phi) is 4.67. The number of carbonyl (C=O) groups is 1. The Morgan fingerprint density at radius 3 is 2.71 bits per heavy atom. The molecule has 1 saturated heterocycles. The van der Waals surface area contributed by atoms with Gasteiger partial charge in [-0.05, 0) is 25.6 Å². The van der Waals surface area contributed by atoms with E-state index in [1.165, 1.54) is 12.1 Å². The Balaban J connectivity index is 2.20. The maximum Gasteiger partial charge on any atom is 0.338 e. The summed E-state index contributed by atoms with van der Waals surface area (Å²) in [5.41, 5.74) is 6.43. The van der Waals surface area contributed by atoms with Crippen LogP contribution >= 0.6 is 0 Å². The van der Waals surface area contributed by atoms with Crippen LogP contribution in [0.2, 0.25) is 0 Å². The molecule has 0 aliphatic carbocycles. The highest BCUT2D eigenvalue weighted by Crippen LogP contribution is 2.30. The molecule has 21 heavy (non-hydrogen) atoms. The van der Waals surface area contributed by atoms with Crippen molar-refractivity contribution in [3.8, 4) is 0 Å². The van der Waals surface area contributed by atoms with Crippen molar-refractivity contribution in [2.45, 2.75) is 26.3 Å². The Hall–Kier alpha value is -1.82. The summed E-state index contributed by atoms with van der Waals surface area (Å²) in [4.78, 5) is 15.3. The predicted molar refractivity (Wildman–Crippen MR) is 81.3 cm³/mol. The van der Waals surface area contributed by atoms with Gasteiger partial charge in [-0.1, -0.05) is 13.8 Å². The van der Waals surface area contributed by atoms with E-state index in [0.29, 0.717) is 17.4 Å². The lowest BCUT2D eigenvalue weighted by atomic mass is 10.1. The number of nitrogens with two attached hydrogens (primary N) is 1. The monoisotopic (exact) mass is 295 g/mol. The van der Waals surface area contributed by atoms with Crippen molar-refractivity contribution in [1.29, 1.82) is 0 Å². The van der Waals surface area contributed by atoms with Gasteiger partial charge in [-0.25, -0.2) is 9.18 Å². The van der Waals surface area contributed by atoms with Crippen molar-refractivity contribution >= 4 is 17.3 Å². The molecule has 1 aliphatic rings. The van der Waals surface area contributed by atoms with Gasteiger partial charge in [0.15, 0.2) is 0 Å². The second-order valence-corrected chi connectivity index (χ2v) is 5.31. The van der Waals surface area contributed by atoms with Crippen molar-refractivity contribution in [3.05, 3.63) is 23.5 Å². The van der Waals surface area contributed by atoms with Gasteiger partial charge in [0.1, 0.15) is 5.82 Å². The fraction of sp³-hybridized carbons (Fsp3) is 0.533. The Morgan fingerprint density at radius 2 is 2.14 bits per heavy atom. The van der Waals surface area contributed by atoms with E-state index in [0.717, 1.165) is 32.6 Å². The highest BCUT2D eigenvalue weighted by Gasteiger charge is 2.28. The molecule has 0 bridgehead atoms. The zero-order valence-corrected chi connectivity index (χ0v) is 12.5. The summed E-state index contributed by atoms with van der Waals surface area (Å²) in [6, 6.07) is 2.88. The molecule has 0 spiro atoms. The van der Waals surface area contributed by atoms with Gasteiger partial charge < -0.3 is 15.7 Å². The summed E-state index contributed by atoms with van der Waals surface area (Å²) in [6.45, 7) is 7.81. The van der Waals surface area contributed by atoms with E-state index in [4.69, 9.17) is 10.8 Å². The third kappa shape index (κ3) is 3.10.